The summed E-state index contributed by atoms with van der Waals surface area (Å²) in [5.41, 5.74) is 0. The Kier molecular flexibility index (Phi) is 2.84. The van der Waals surface area contributed by atoms with Crippen LogP contribution >= 0.6 is 0 Å². The molecule has 0 radical (unpaired) electrons. The van der Waals surface area contributed by atoms with Crippen LogP contribution in [0.4, 0.5) is 0 Å². The number of nitrogens with zero attached hydrogens (tertiary/aromatic N) is 1. The smallest absolute Gasteiger partial charge is 0.319 e. The zero-order chi connectivity index (χ0) is 8.27. The quantitative estimate of drug-likeness (QED) is 0.520. The highest BCUT2D eigenvalue weighted by Crippen LogP contribution is 2.09. The number of rotatable bonds is 3. The molecule has 0 unspecified atom stereocenters. The molecule has 0 N–H and O–H groups in total. The van der Waals surface area contributed by atoms with Crippen LogP contribution in [0.1, 0.15) is 0 Å². The molecular formula is C7H13NO3. The SMILES string of the molecule is COC(=O)CN1CC(OC)C1. The van der Waals surface area contributed by atoms with E-state index in [0.29, 0.717) is 12.6 Å². The van der Waals surface area contributed by atoms with Crippen molar-refractivity contribution in [2.75, 3.05) is 33.9 Å². The van der Waals surface area contributed by atoms with Crippen molar-refractivity contribution in [3.63, 3.8) is 0 Å². The molecule has 64 valence electrons. The number of hydrogen-bond donors (Lipinski definition) is 0. The molecule has 11 heavy (non-hydrogen) atoms. The Balaban J connectivity index is 2.08. The summed E-state index contributed by atoms with van der Waals surface area (Å²) in [7, 11) is 3.08. The van der Waals surface area contributed by atoms with Crippen LogP contribution in [-0.4, -0.2) is 50.8 Å². The maximum absolute atomic E-state index is 10.7. The molecule has 1 aliphatic heterocycles. The first kappa shape index (κ1) is 8.49. The van der Waals surface area contributed by atoms with E-state index >= 15 is 0 Å². The molecule has 1 heterocycles. The topological polar surface area (TPSA) is 38.8 Å². The van der Waals surface area contributed by atoms with Gasteiger partial charge < -0.3 is 9.47 Å². The first-order valence-electron chi connectivity index (χ1n) is 3.58. The molecule has 0 saturated carbocycles. The van der Waals surface area contributed by atoms with Crippen LogP contribution in [0.3, 0.4) is 0 Å². The molecule has 4 nitrogen and oxygen atoms in total. The van der Waals surface area contributed by atoms with Crippen molar-refractivity contribution in [1.82, 2.24) is 4.90 Å². The van der Waals surface area contributed by atoms with Gasteiger partial charge in [0.2, 0.25) is 0 Å². The van der Waals surface area contributed by atoms with Crippen LogP contribution < -0.4 is 0 Å². The fraction of sp³-hybridized carbons (Fsp3) is 0.857. The summed E-state index contributed by atoms with van der Waals surface area (Å²) in [4.78, 5) is 12.7. The Labute approximate surface area is 66.1 Å². The molecule has 0 aromatic heterocycles. The van der Waals surface area contributed by atoms with Gasteiger partial charge in [-0.15, -0.1) is 0 Å². The lowest BCUT2D eigenvalue weighted by atomic mass is 10.2. The Hall–Kier alpha value is -0.610. The third-order valence-corrected chi connectivity index (χ3v) is 1.84. The zero-order valence-electron chi connectivity index (χ0n) is 6.87. The minimum atomic E-state index is -0.181. The van der Waals surface area contributed by atoms with Crippen LogP contribution in [0.2, 0.25) is 0 Å². The number of likely N-dealkylation sites (tertiary alicyclic amines) is 1. The Morgan fingerprint density at radius 3 is 2.64 bits per heavy atom. The van der Waals surface area contributed by atoms with E-state index in [1.807, 2.05) is 4.90 Å². The molecule has 0 spiro atoms. The summed E-state index contributed by atoms with van der Waals surface area (Å²) >= 11 is 0. The van der Waals surface area contributed by atoms with E-state index in [9.17, 15) is 4.79 Å². The highest BCUT2D eigenvalue weighted by molar-refractivity contribution is 5.71. The predicted molar refractivity (Wildman–Crippen MR) is 39.3 cm³/mol. The number of carbonyl (C=O) groups excluding carboxylic acids is 1. The lowest BCUT2D eigenvalue weighted by molar-refractivity contribution is -0.145. The van der Waals surface area contributed by atoms with Gasteiger partial charge in [0.05, 0.1) is 19.8 Å². The van der Waals surface area contributed by atoms with Crippen molar-refractivity contribution >= 4 is 5.97 Å². The maximum Gasteiger partial charge on any atom is 0.319 e. The molecule has 1 rings (SSSR count). The van der Waals surface area contributed by atoms with Gasteiger partial charge in [-0.3, -0.25) is 9.69 Å². The first-order valence-corrected chi connectivity index (χ1v) is 3.58. The second kappa shape index (κ2) is 3.69. The van der Waals surface area contributed by atoms with E-state index in [-0.39, 0.29) is 5.97 Å². The Morgan fingerprint density at radius 1 is 1.55 bits per heavy atom. The van der Waals surface area contributed by atoms with Gasteiger partial charge in [-0.25, -0.2) is 0 Å². The summed E-state index contributed by atoms with van der Waals surface area (Å²) in [6, 6.07) is 0. The summed E-state index contributed by atoms with van der Waals surface area (Å²) < 4.78 is 9.54. The maximum atomic E-state index is 10.7. The van der Waals surface area contributed by atoms with Gasteiger partial charge in [0.1, 0.15) is 0 Å². The fourth-order valence-electron chi connectivity index (χ4n) is 1.05. The van der Waals surface area contributed by atoms with Gasteiger partial charge in [0, 0.05) is 20.2 Å². The van der Waals surface area contributed by atoms with Crippen molar-refractivity contribution in [2.45, 2.75) is 6.10 Å². The summed E-state index contributed by atoms with van der Waals surface area (Å²) in [6.45, 7) is 2.06. The normalized spacial score (nSPS) is 19.5. The van der Waals surface area contributed by atoms with Gasteiger partial charge in [-0.1, -0.05) is 0 Å². The summed E-state index contributed by atoms with van der Waals surface area (Å²) in [6.07, 6.45) is 0.305. The van der Waals surface area contributed by atoms with Crippen molar-refractivity contribution in [3.8, 4) is 0 Å². The van der Waals surface area contributed by atoms with E-state index in [1.165, 1.54) is 7.11 Å². The van der Waals surface area contributed by atoms with E-state index in [2.05, 4.69) is 4.74 Å². The number of carbonyl (C=O) groups is 1. The van der Waals surface area contributed by atoms with Gasteiger partial charge in [-0.2, -0.15) is 0 Å². The number of hydrogen-bond acceptors (Lipinski definition) is 4. The summed E-state index contributed by atoms with van der Waals surface area (Å²) in [5, 5.41) is 0. The van der Waals surface area contributed by atoms with Gasteiger partial charge in [-0.05, 0) is 0 Å². The average molecular weight is 159 g/mol. The van der Waals surface area contributed by atoms with E-state index in [1.54, 1.807) is 7.11 Å². The highest BCUT2D eigenvalue weighted by atomic mass is 16.5. The first-order chi connectivity index (χ1) is 5.26. The lowest BCUT2D eigenvalue weighted by Crippen LogP contribution is -2.53. The standard InChI is InChI=1S/C7H13NO3/c1-10-6-3-8(4-6)5-7(9)11-2/h6H,3-5H2,1-2H3. The van der Waals surface area contributed by atoms with Crippen LogP contribution in [0.25, 0.3) is 0 Å². The molecule has 0 aliphatic carbocycles. The number of methoxy groups -OCH3 is 2. The van der Waals surface area contributed by atoms with Gasteiger partial charge in [0.25, 0.3) is 0 Å². The Morgan fingerprint density at radius 2 is 2.18 bits per heavy atom. The predicted octanol–water partition coefficient (Wildman–Crippen LogP) is -0.510. The van der Waals surface area contributed by atoms with Crippen molar-refractivity contribution in [3.05, 3.63) is 0 Å². The number of esters is 1. The lowest BCUT2D eigenvalue weighted by Gasteiger charge is -2.36. The van der Waals surface area contributed by atoms with Crippen LogP contribution in [0, 0.1) is 0 Å². The molecular weight excluding hydrogens is 146 g/mol. The number of ether oxygens (including phenoxy) is 2. The van der Waals surface area contributed by atoms with Crippen molar-refractivity contribution in [1.29, 1.82) is 0 Å². The van der Waals surface area contributed by atoms with Gasteiger partial charge in [0.15, 0.2) is 0 Å². The second-order valence-corrected chi connectivity index (χ2v) is 2.63. The van der Waals surface area contributed by atoms with E-state index < -0.39 is 0 Å². The third-order valence-electron chi connectivity index (χ3n) is 1.84. The van der Waals surface area contributed by atoms with Crippen LogP contribution in [0.15, 0.2) is 0 Å². The largest absolute Gasteiger partial charge is 0.468 e. The van der Waals surface area contributed by atoms with Crippen LogP contribution in [0.5, 0.6) is 0 Å². The summed E-state index contributed by atoms with van der Waals surface area (Å²) in [5.74, 6) is -0.181. The molecule has 0 atom stereocenters. The molecule has 0 bridgehead atoms. The zero-order valence-corrected chi connectivity index (χ0v) is 6.87. The van der Waals surface area contributed by atoms with Crippen LogP contribution in [-0.2, 0) is 14.3 Å². The molecule has 0 aromatic rings. The van der Waals surface area contributed by atoms with E-state index in [0.717, 1.165) is 13.1 Å². The monoisotopic (exact) mass is 159 g/mol. The molecule has 0 aromatic carbocycles. The highest BCUT2D eigenvalue weighted by Gasteiger charge is 2.27. The van der Waals surface area contributed by atoms with Crippen molar-refractivity contribution in [2.24, 2.45) is 0 Å². The van der Waals surface area contributed by atoms with Crippen molar-refractivity contribution < 1.29 is 14.3 Å². The van der Waals surface area contributed by atoms with E-state index in [4.69, 9.17) is 4.74 Å². The second-order valence-electron chi connectivity index (χ2n) is 2.63. The Bertz CT molecular complexity index is 143. The van der Waals surface area contributed by atoms with Gasteiger partial charge >= 0.3 is 5.97 Å². The minimum Gasteiger partial charge on any atom is -0.468 e. The fourth-order valence-corrected chi connectivity index (χ4v) is 1.05. The molecule has 4 heteroatoms. The third kappa shape index (κ3) is 2.17. The molecule has 1 saturated heterocycles. The minimum absolute atomic E-state index is 0.181. The molecule has 1 aliphatic rings. The average Bonchev–Trinajstić information content (AvgIpc) is 1.95. The molecule has 1 fully saturated rings. The molecule has 0 amide bonds.